The summed E-state index contributed by atoms with van der Waals surface area (Å²) < 4.78 is 6.55. The number of para-hydroxylation sites is 2. The Morgan fingerprint density at radius 3 is 2.05 bits per heavy atom. The molecule has 9 heterocycles. The molecule has 6 aromatic heterocycles. The number of pyridine rings is 2. The molecule has 0 radical (unpaired) electrons. The first-order valence-corrected chi connectivity index (χ1v) is 21.7. The normalized spacial score (nSPS) is 19.5. The summed E-state index contributed by atoms with van der Waals surface area (Å²) in [6, 6.07) is 28.2. The Kier molecular flexibility index (Phi) is 8.80. The van der Waals surface area contributed by atoms with Crippen LogP contribution in [0.1, 0.15) is 71.9 Å². The Morgan fingerprint density at radius 1 is 0.613 bits per heavy atom. The van der Waals surface area contributed by atoms with Crippen LogP contribution in [0.5, 0.6) is 0 Å². The van der Waals surface area contributed by atoms with Gasteiger partial charge in [-0.05, 0) is 62.8 Å². The van der Waals surface area contributed by atoms with Gasteiger partial charge in [0.15, 0.2) is 28.4 Å². The summed E-state index contributed by atoms with van der Waals surface area (Å²) in [6.45, 7) is 7.77. The molecule has 9 aromatic rings. The molecule has 14 nitrogen and oxygen atoms in total. The van der Waals surface area contributed by atoms with Crippen molar-refractivity contribution >= 4 is 61.6 Å². The van der Waals surface area contributed by atoms with Crippen LogP contribution in [-0.2, 0) is 4.74 Å². The molecule has 3 saturated heterocycles. The van der Waals surface area contributed by atoms with Crippen LogP contribution in [0.3, 0.4) is 0 Å². The summed E-state index contributed by atoms with van der Waals surface area (Å²) in [4.78, 5) is 53.4. The van der Waals surface area contributed by atoms with Gasteiger partial charge >= 0.3 is 0 Å². The van der Waals surface area contributed by atoms with Crippen molar-refractivity contribution in [1.29, 1.82) is 0 Å². The third kappa shape index (κ3) is 6.11. The molecule has 62 heavy (non-hydrogen) atoms. The fourth-order valence-corrected chi connectivity index (χ4v) is 10.1. The van der Waals surface area contributed by atoms with Gasteiger partial charge in [0.2, 0.25) is 0 Å². The lowest BCUT2D eigenvalue weighted by molar-refractivity contribution is 0.0344. The zero-order valence-electron chi connectivity index (χ0n) is 34.7. The molecule has 1 unspecified atom stereocenters. The highest BCUT2D eigenvalue weighted by Gasteiger charge is 2.36. The zero-order chi connectivity index (χ0) is 41.3. The Balaban J connectivity index is 0.900. The van der Waals surface area contributed by atoms with E-state index in [1.54, 1.807) is 19.0 Å². The Bertz CT molecular complexity index is 3150. The number of aromatic amines is 2. The molecule has 3 atom stereocenters. The van der Waals surface area contributed by atoms with Crippen LogP contribution in [0.2, 0.25) is 0 Å². The predicted molar refractivity (Wildman–Crippen MR) is 241 cm³/mol. The molecule has 14 heteroatoms. The number of benzene rings is 3. The SMILES string of the molecule is Cc1cccc2cc([C@@H]3CCCN3c3ncnc4[nH]c(C5CN(c6nc7c(C)cccc7cc6[C@@H]6CCCN6c6ncnc7[nH]cnc67)CCO5)nc34)c(-c3ccccc3)nc12. The molecule has 308 valence electrons. The van der Waals surface area contributed by atoms with Gasteiger partial charge in [0, 0.05) is 47.1 Å². The lowest BCUT2D eigenvalue weighted by atomic mass is 9.95. The van der Waals surface area contributed by atoms with Crippen molar-refractivity contribution in [3.8, 4) is 11.3 Å². The molecule has 0 saturated carbocycles. The Morgan fingerprint density at radius 2 is 1.29 bits per heavy atom. The summed E-state index contributed by atoms with van der Waals surface area (Å²) in [5, 5.41) is 2.27. The number of anilines is 3. The second-order valence-electron chi connectivity index (χ2n) is 16.8. The molecule has 3 aliphatic rings. The standard InChI is InChI=1S/C48H45N13O/c1-28-10-6-14-31-22-33(40(55-38(28)31)30-12-4-3-5-13-30)35-16-8-18-60(35)48-42-45(52-27-54-48)58-43(56-42)37-24-59(20-21-62-37)46-34(23-32-15-7-11-29(2)39(32)57-46)36-17-9-19-61(36)47-41-44(50-25-49-41)51-26-53-47/h3-7,10-15,22-23,25-27,35-37H,8-9,16-21,24H2,1-2H3,(H,49,50,51,53)(H,52,54,56,58)/t35-,36-,37?/m0/s1. The highest BCUT2D eigenvalue weighted by molar-refractivity contribution is 5.89. The van der Waals surface area contributed by atoms with Gasteiger partial charge in [-0.1, -0.05) is 66.7 Å². The van der Waals surface area contributed by atoms with E-state index in [1.165, 1.54) is 16.7 Å². The van der Waals surface area contributed by atoms with Crippen molar-refractivity contribution in [2.45, 2.75) is 57.7 Å². The van der Waals surface area contributed by atoms with E-state index >= 15 is 0 Å². The Labute approximate surface area is 357 Å². The number of nitrogens with zero attached hydrogens (tertiary/aromatic N) is 11. The number of nitrogens with one attached hydrogen (secondary N) is 2. The van der Waals surface area contributed by atoms with Gasteiger partial charge in [-0.2, -0.15) is 0 Å². The van der Waals surface area contributed by atoms with Crippen LogP contribution in [0.25, 0.3) is 55.4 Å². The average Bonchev–Trinajstić information content (AvgIpc) is 4.16. The number of H-pyrrole nitrogens is 2. The van der Waals surface area contributed by atoms with Crippen molar-refractivity contribution < 1.29 is 4.74 Å². The van der Waals surface area contributed by atoms with Gasteiger partial charge in [0.05, 0.1) is 48.3 Å². The van der Waals surface area contributed by atoms with E-state index in [2.05, 4.69) is 127 Å². The van der Waals surface area contributed by atoms with Crippen molar-refractivity contribution in [1.82, 2.24) is 49.8 Å². The van der Waals surface area contributed by atoms with Gasteiger partial charge in [0.1, 0.15) is 35.9 Å². The third-order valence-corrected chi connectivity index (χ3v) is 13.1. The number of aryl methyl sites for hydroxylation is 2. The number of hydrogen-bond acceptors (Lipinski definition) is 12. The summed E-state index contributed by atoms with van der Waals surface area (Å²) in [5.74, 6) is 3.37. The van der Waals surface area contributed by atoms with Crippen LogP contribution in [0.15, 0.2) is 97.8 Å². The second kappa shape index (κ2) is 14.8. The highest BCUT2D eigenvalue weighted by atomic mass is 16.5. The molecule has 3 aromatic carbocycles. The molecule has 0 bridgehead atoms. The Hall–Kier alpha value is -7.06. The number of rotatable bonds is 7. The topological polar surface area (TPSA) is 154 Å². The van der Waals surface area contributed by atoms with Crippen LogP contribution >= 0.6 is 0 Å². The first-order valence-electron chi connectivity index (χ1n) is 21.7. The maximum atomic E-state index is 6.55. The van der Waals surface area contributed by atoms with Crippen molar-refractivity contribution in [3.05, 3.63) is 126 Å². The number of morpholine rings is 1. The van der Waals surface area contributed by atoms with Gasteiger partial charge in [-0.15, -0.1) is 0 Å². The van der Waals surface area contributed by atoms with Crippen LogP contribution in [-0.4, -0.2) is 82.6 Å². The van der Waals surface area contributed by atoms with E-state index in [1.807, 2.05) is 0 Å². The van der Waals surface area contributed by atoms with Crippen molar-refractivity contribution in [2.75, 3.05) is 47.5 Å². The monoisotopic (exact) mass is 819 g/mol. The molecule has 12 rings (SSSR count). The predicted octanol–water partition coefficient (Wildman–Crippen LogP) is 8.66. The van der Waals surface area contributed by atoms with Gasteiger partial charge in [-0.25, -0.2) is 39.9 Å². The fraction of sp³-hybridized carbons (Fsp3) is 0.292. The van der Waals surface area contributed by atoms with Crippen molar-refractivity contribution in [2.24, 2.45) is 0 Å². The molecular weight excluding hydrogens is 775 g/mol. The summed E-state index contributed by atoms with van der Waals surface area (Å²) in [6.07, 6.45) is 8.62. The van der Waals surface area contributed by atoms with Gasteiger partial charge in [0.25, 0.3) is 0 Å². The quantitative estimate of drug-likeness (QED) is 0.158. The molecule has 0 spiro atoms. The molecule has 3 aliphatic heterocycles. The summed E-state index contributed by atoms with van der Waals surface area (Å²) >= 11 is 0. The van der Waals surface area contributed by atoms with E-state index in [4.69, 9.17) is 34.6 Å². The average molecular weight is 820 g/mol. The third-order valence-electron chi connectivity index (χ3n) is 13.1. The minimum Gasteiger partial charge on any atom is -0.367 e. The molecular formula is C48H45N13O. The van der Waals surface area contributed by atoms with E-state index in [-0.39, 0.29) is 18.2 Å². The number of aromatic nitrogens is 10. The maximum Gasteiger partial charge on any atom is 0.163 e. The van der Waals surface area contributed by atoms with Gasteiger partial charge in [-0.3, -0.25) is 0 Å². The second-order valence-corrected chi connectivity index (χ2v) is 16.8. The van der Waals surface area contributed by atoms with Gasteiger partial charge < -0.3 is 29.4 Å². The minimum atomic E-state index is -0.342. The molecule has 0 aliphatic carbocycles. The van der Waals surface area contributed by atoms with E-state index < -0.39 is 0 Å². The molecule has 3 fully saturated rings. The lowest BCUT2D eigenvalue weighted by Crippen LogP contribution is -2.40. The molecule has 2 N–H and O–H groups in total. The van der Waals surface area contributed by atoms with E-state index in [9.17, 15) is 0 Å². The number of imidazole rings is 2. The number of fused-ring (bicyclic) bond motifs is 4. The smallest absolute Gasteiger partial charge is 0.163 e. The zero-order valence-corrected chi connectivity index (χ0v) is 34.7. The first kappa shape index (κ1) is 36.8. The summed E-state index contributed by atoms with van der Waals surface area (Å²) in [7, 11) is 0. The fourth-order valence-electron chi connectivity index (χ4n) is 10.1. The highest BCUT2D eigenvalue weighted by Crippen LogP contribution is 2.44. The first-order chi connectivity index (χ1) is 30.6. The number of ether oxygens (including phenoxy) is 1. The van der Waals surface area contributed by atoms with Crippen molar-refractivity contribution in [3.63, 3.8) is 0 Å². The summed E-state index contributed by atoms with van der Waals surface area (Å²) in [5.41, 5.74) is 11.8. The lowest BCUT2D eigenvalue weighted by Gasteiger charge is -2.36. The largest absolute Gasteiger partial charge is 0.367 e. The van der Waals surface area contributed by atoms with Crippen LogP contribution in [0, 0.1) is 13.8 Å². The maximum absolute atomic E-state index is 6.55. The van der Waals surface area contributed by atoms with E-state index in [0.717, 1.165) is 117 Å². The van der Waals surface area contributed by atoms with Crippen LogP contribution < -0.4 is 14.7 Å². The van der Waals surface area contributed by atoms with E-state index in [0.29, 0.717) is 25.3 Å². The minimum absolute atomic E-state index is 0.0557. The molecule has 0 amide bonds. The van der Waals surface area contributed by atoms with Crippen LogP contribution in [0.4, 0.5) is 17.5 Å². The number of hydrogen-bond donors (Lipinski definition) is 2.